The number of ether oxygens (including phenoxy) is 2. The molecular weight excluding hydrogens is 449 g/mol. The lowest BCUT2D eigenvalue weighted by atomic mass is 10.1. The number of para-hydroxylation sites is 2. The van der Waals surface area contributed by atoms with Gasteiger partial charge in [0.15, 0.2) is 18.1 Å². The molecule has 3 aromatic carbocycles. The lowest BCUT2D eigenvalue weighted by Crippen LogP contribution is -2.20. The third-order valence-electron chi connectivity index (χ3n) is 4.51. The van der Waals surface area contributed by atoms with Crippen molar-refractivity contribution < 1.29 is 32.2 Å². The quantitative estimate of drug-likeness (QED) is 0.433. The van der Waals surface area contributed by atoms with Gasteiger partial charge in [-0.15, -0.1) is 0 Å². The lowest BCUT2D eigenvalue weighted by Gasteiger charge is -2.11. The summed E-state index contributed by atoms with van der Waals surface area (Å²) < 4.78 is 48.5. The zero-order valence-corrected chi connectivity index (χ0v) is 18.1. The van der Waals surface area contributed by atoms with E-state index in [0.717, 1.165) is 12.1 Å². The summed E-state index contributed by atoms with van der Waals surface area (Å²) in [6.45, 7) is -0.243. The summed E-state index contributed by atoms with van der Waals surface area (Å²) in [4.78, 5) is 24.4. The SMILES string of the molecule is COc1ccccc1OCC(=O)Nc1cccc(NC(=O)/C=C/c2ccc(C(F)(F)F)cc2)c1. The molecule has 2 N–H and O–H groups in total. The second kappa shape index (κ2) is 11.0. The Morgan fingerprint density at radius 3 is 2.18 bits per heavy atom. The molecule has 3 aromatic rings. The summed E-state index contributed by atoms with van der Waals surface area (Å²) in [5.41, 5.74) is 0.546. The molecule has 0 spiro atoms. The van der Waals surface area contributed by atoms with Gasteiger partial charge in [-0.1, -0.05) is 30.3 Å². The minimum Gasteiger partial charge on any atom is -0.493 e. The first kappa shape index (κ1) is 24.4. The van der Waals surface area contributed by atoms with Gasteiger partial charge in [0.05, 0.1) is 12.7 Å². The highest BCUT2D eigenvalue weighted by Gasteiger charge is 2.29. The van der Waals surface area contributed by atoms with Crippen molar-refractivity contribution in [3.05, 3.63) is 90.0 Å². The highest BCUT2D eigenvalue weighted by atomic mass is 19.4. The van der Waals surface area contributed by atoms with Crippen LogP contribution in [0.1, 0.15) is 11.1 Å². The van der Waals surface area contributed by atoms with Gasteiger partial charge < -0.3 is 20.1 Å². The summed E-state index contributed by atoms with van der Waals surface area (Å²) in [7, 11) is 1.50. The summed E-state index contributed by atoms with van der Waals surface area (Å²) in [6.07, 6.45) is -1.81. The molecule has 0 aliphatic carbocycles. The molecule has 3 rings (SSSR count). The Morgan fingerprint density at radius 2 is 1.53 bits per heavy atom. The van der Waals surface area contributed by atoms with Crippen LogP contribution < -0.4 is 20.1 Å². The van der Waals surface area contributed by atoms with E-state index in [0.29, 0.717) is 28.4 Å². The van der Waals surface area contributed by atoms with Gasteiger partial charge in [0, 0.05) is 17.5 Å². The number of amides is 2. The predicted molar refractivity (Wildman–Crippen MR) is 123 cm³/mol. The largest absolute Gasteiger partial charge is 0.493 e. The number of methoxy groups -OCH3 is 1. The molecule has 0 aliphatic rings. The van der Waals surface area contributed by atoms with Gasteiger partial charge in [0.2, 0.25) is 5.91 Å². The molecular formula is C25H21F3N2O4. The smallest absolute Gasteiger partial charge is 0.416 e. The van der Waals surface area contributed by atoms with Crippen LogP contribution in [0.15, 0.2) is 78.9 Å². The number of alkyl halides is 3. The number of carbonyl (C=O) groups is 2. The normalized spacial score (nSPS) is 11.2. The van der Waals surface area contributed by atoms with E-state index < -0.39 is 23.6 Å². The Kier molecular flexibility index (Phi) is 7.92. The first-order chi connectivity index (χ1) is 16.2. The van der Waals surface area contributed by atoms with E-state index in [1.54, 1.807) is 48.5 Å². The first-order valence-corrected chi connectivity index (χ1v) is 10.1. The Labute approximate surface area is 194 Å². The highest BCUT2D eigenvalue weighted by molar-refractivity contribution is 6.02. The van der Waals surface area contributed by atoms with Crippen molar-refractivity contribution in [1.29, 1.82) is 0 Å². The van der Waals surface area contributed by atoms with Crippen LogP contribution in [0, 0.1) is 0 Å². The van der Waals surface area contributed by atoms with Crippen molar-refractivity contribution in [2.24, 2.45) is 0 Å². The van der Waals surface area contributed by atoms with Crippen molar-refractivity contribution >= 4 is 29.3 Å². The summed E-state index contributed by atoms with van der Waals surface area (Å²) in [5, 5.41) is 5.30. The number of nitrogens with one attached hydrogen (secondary N) is 2. The Bertz CT molecular complexity index is 1180. The van der Waals surface area contributed by atoms with E-state index in [1.807, 2.05) is 0 Å². The highest BCUT2D eigenvalue weighted by Crippen LogP contribution is 2.29. The number of rotatable bonds is 8. The van der Waals surface area contributed by atoms with Crippen molar-refractivity contribution in [3.63, 3.8) is 0 Å². The van der Waals surface area contributed by atoms with Crippen molar-refractivity contribution in [2.45, 2.75) is 6.18 Å². The van der Waals surface area contributed by atoms with E-state index >= 15 is 0 Å². The maximum absolute atomic E-state index is 12.6. The van der Waals surface area contributed by atoms with Crippen LogP contribution in [0.3, 0.4) is 0 Å². The second-order valence-corrected chi connectivity index (χ2v) is 7.01. The molecule has 176 valence electrons. The average Bonchev–Trinajstić information content (AvgIpc) is 2.81. The van der Waals surface area contributed by atoms with E-state index in [2.05, 4.69) is 10.6 Å². The third kappa shape index (κ3) is 7.13. The standard InChI is InChI=1S/C25H21F3N2O4/c1-33-21-7-2-3-8-22(21)34-16-24(32)30-20-6-4-5-19(15-20)29-23(31)14-11-17-9-12-18(13-10-17)25(26,27)28/h2-15H,16H2,1H3,(H,29,31)(H,30,32)/b14-11+. The topological polar surface area (TPSA) is 76.7 Å². The van der Waals surface area contributed by atoms with Crippen LogP contribution in [0.25, 0.3) is 6.08 Å². The van der Waals surface area contributed by atoms with Crippen molar-refractivity contribution in [2.75, 3.05) is 24.4 Å². The zero-order chi connectivity index (χ0) is 24.6. The molecule has 0 atom stereocenters. The molecule has 9 heteroatoms. The first-order valence-electron chi connectivity index (χ1n) is 10.1. The van der Waals surface area contributed by atoms with Gasteiger partial charge in [-0.05, 0) is 54.1 Å². The number of carbonyl (C=O) groups excluding carboxylic acids is 2. The Hall–Kier alpha value is -4.27. The van der Waals surface area contributed by atoms with E-state index in [1.165, 1.54) is 31.4 Å². The van der Waals surface area contributed by atoms with Crippen LogP contribution in [0.5, 0.6) is 11.5 Å². The summed E-state index contributed by atoms with van der Waals surface area (Å²) in [5.74, 6) is 0.0461. The lowest BCUT2D eigenvalue weighted by molar-refractivity contribution is -0.137. The van der Waals surface area contributed by atoms with Crippen molar-refractivity contribution in [3.8, 4) is 11.5 Å². The number of anilines is 2. The van der Waals surface area contributed by atoms with Crippen LogP contribution in [-0.4, -0.2) is 25.5 Å². The van der Waals surface area contributed by atoms with Crippen LogP contribution in [0.4, 0.5) is 24.5 Å². The Balaban J connectivity index is 1.53. The fourth-order valence-electron chi connectivity index (χ4n) is 2.89. The van der Waals surface area contributed by atoms with E-state index in [4.69, 9.17) is 9.47 Å². The molecule has 0 heterocycles. The van der Waals surface area contributed by atoms with Gasteiger partial charge >= 0.3 is 6.18 Å². The zero-order valence-electron chi connectivity index (χ0n) is 18.1. The molecule has 0 saturated carbocycles. The molecule has 0 aliphatic heterocycles. The molecule has 0 bridgehead atoms. The minimum atomic E-state index is -4.42. The maximum Gasteiger partial charge on any atom is 0.416 e. The van der Waals surface area contributed by atoms with Crippen LogP contribution in [0.2, 0.25) is 0 Å². The molecule has 34 heavy (non-hydrogen) atoms. The monoisotopic (exact) mass is 470 g/mol. The summed E-state index contributed by atoms with van der Waals surface area (Å²) >= 11 is 0. The maximum atomic E-state index is 12.6. The molecule has 2 amide bonds. The number of hydrogen-bond acceptors (Lipinski definition) is 4. The fraction of sp³-hybridized carbons (Fsp3) is 0.120. The average molecular weight is 470 g/mol. The fourth-order valence-corrected chi connectivity index (χ4v) is 2.89. The van der Waals surface area contributed by atoms with Crippen LogP contribution >= 0.6 is 0 Å². The van der Waals surface area contributed by atoms with Crippen LogP contribution in [-0.2, 0) is 15.8 Å². The molecule has 0 fully saturated rings. The van der Waals surface area contributed by atoms with E-state index in [-0.39, 0.29) is 6.61 Å². The third-order valence-corrected chi connectivity index (χ3v) is 4.51. The Morgan fingerprint density at radius 1 is 0.882 bits per heavy atom. The molecule has 0 radical (unpaired) electrons. The van der Waals surface area contributed by atoms with Gasteiger partial charge in [-0.2, -0.15) is 13.2 Å². The van der Waals surface area contributed by atoms with Crippen molar-refractivity contribution in [1.82, 2.24) is 0 Å². The predicted octanol–water partition coefficient (Wildman–Crippen LogP) is 5.38. The number of hydrogen-bond donors (Lipinski definition) is 2. The molecule has 0 saturated heterocycles. The second-order valence-electron chi connectivity index (χ2n) is 7.01. The van der Waals surface area contributed by atoms with E-state index in [9.17, 15) is 22.8 Å². The minimum absolute atomic E-state index is 0.243. The molecule has 0 unspecified atom stereocenters. The molecule has 0 aromatic heterocycles. The van der Waals surface area contributed by atoms with Gasteiger partial charge in [-0.3, -0.25) is 9.59 Å². The summed E-state index contributed by atoms with van der Waals surface area (Å²) in [6, 6.07) is 17.9. The molecule has 6 nitrogen and oxygen atoms in total. The van der Waals surface area contributed by atoms with Gasteiger partial charge in [0.25, 0.3) is 5.91 Å². The van der Waals surface area contributed by atoms with Gasteiger partial charge in [-0.25, -0.2) is 0 Å². The van der Waals surface area contributed by atoms with Gasteiger partial charge in [0.1, 0.15) is 0 Å². The number of halogens is 3. The number of benzene rings is 3.